The van der Waals surface area contributed by atoms with Gasteiger partial charge >= 0.3 is 0 Å². The summed E-state index contributed by atoms with van der Waals surface area (Å²) in [6.45, 7) is 19.2. The first-order valence-electron chi connectivity index (χ1n) is 22.9. The van der Waals surface area contributed by atoms with E-state index in [-0.39, 0.29) is 28.5 Å². The quantitative estimate of drug-likeness (QED) is 0.160. The van der Waals surface area contributed by atoms with Crippen LogP contribution >= 0.6 is 0 Å². The van der Waals surface area contributed by atoms with Crippen LogP contribution in [0.4, 0.5) is 45.5 Å². The summed E-state index contributed by atoms with van der Waals surface area (Å²) in [5, 5.41) is 0. The van der Waals surface area contributed by atoms with E-state index in [1.165, 1.54) is 97.6 Å². The highest BCUT2D eigenvalue weighted by Gasteiger charge is 2.61. The third kappa shape index (κ3) is 5.71. The first-order valence-corrected chi connectivity index (χ1v) is 22.9. The number of anilines is 8. The Balaban J connectivity index is 1.28. The van der Waals surface area contributed by atoms with Crippen LogP contribution in [0.3, 0.4) is 0 Å². The van der Waals surface area contributed by atoms with Gasteiger partial charge in [0.2, 0.25) is 0 Å². The van der Waals surface area contributed by atoms with Gasteiger partial charge < -0.3 is 14.7 Å². The van der Waals surface area contributed by atoms with Gasteiger partial charge in [-0.3, -0.25) is 0 Å². The molecule has 0 bridgehead atoms. The topological polar surface area (TPSA) is 9.72 Å². The molecule has 0 spiro atoms. The van der Waals surface area contributed by atoms with Crippen molar-refractivity contribution in [1.82, 2.24) is 0 Å². The Morgan fingerprint density at radius 2 is 1.10 bits per heavy atom. The van der Waals surface area contributed by atoms with Crippen LogP contribution in [-0.4, -0.2) is 12.3 Å². The summed E-state index contributed by atoms with van der Waals surface area (Å²) in [6, 6.07) is 60.1. The van der Waals surface area contributed by atoms with Crippen LogP contribution in [0.1, 0.15) is 97.8 Å². The summed E-state index contributed by atoms with van der Waals surface area (Å²) >= 11 is 0. The normalized spacial score (nSPS) is 19.7. The zero-order valence-corrected chi connectivity index (χ0v) is 37.8. The third-order valence-electron chi connectivity index (χ3n) is 15.3. The Hall–Kier alpha value is -6.00. The van der Waals surface area contributed by atoms with Gasteiger partial charge in [-0.15, -0.1) is 0 Å². The molecule has 3 aliphatic heterocycles. The van der Waals surface area contributed by atoms with E-state index >= 15 is 0 Å². The summed E-state index contributed by atoms with van der Waals surface area (Å²) < 4.78 is 0. The van der Waals surface area contributed by atoms with Gasteiger partial charge in [0.25, 0.3) is 6.71 Å². The van der Waals surface area contributed by atoms with E-state index in [4.69, 9.17) is 0 Å². The lowest BCUT2D eigenvalue weighted by Crippen LogP contribution is -2.64. The van der Waals surface area contributed by atoms with Gasteiger partial charge in [-0.05, 0) is 135 Å². The Kier molecular flexibility index (Phi) is 8.63. The van der Waals surface area contributed by atoms with Crippen molar-refractivity contribution in [2.24, 2.45) is 0 Å². The number of benzene rings is 7. The highest BCUT2D eigenvalue weighted by Crippen LogP contribution is 2.62. The smallest absolute Gasteiger partial charge is 0.252 e. The van der Waals surface area contributed by atoms with Crippen LogP contribution in [0.25, 0.3) is 11.1 Å². The largest absolute Gasteiger partial charge is 0.335 e. The Morgan fingerprint density at radius 3 is 1.73 bits per heavy atom. The second-order valence-corrected chi connectivity index (χ2v) is 21.0. The van der Waals surface area contributed by atoms with E-state index in [1.807, 2.05) is 0 Å². The van der Waals surface area contributed by atoms with E-state index in [2.05, 4.69) is 228 Å². The molecule has 0 radical (unpaired) electrons. The lowest BCUT2D eigenvalue weighted by molar-refractivity contribution is 0.195. The third-order valence-corrected chi connectivity index (χ3v) is 15.3. The fraction of sp³-hybridized carbons (Fsp3) is 0.276. The molecule has 4 heteroatoms. The fourth-order valence-corrected chi connectivity index (χ4v) is 11.7. The molecule has 2 unspecified atom stereocenters. The standard InChI is InChI=1S/C58H58BN3/c1-55(2,3)41-26-29-45(30-27-41)61-50-31-28-42(56(4,5)6)36-48(50)59-49-35-40(39-20-12-9-13-21-39)34-47-54(49)62(58(8)33-19-18-32-57(47,58)7)52-38-46(37-51(61)53(52)59)60(43-22-14-10-15-23-43)44-24-16-11-17-25-44/h9-17,20-31,34-38H,18-19,32-33H2,1-8H3. The number of para-hydroxylation sites is 2. The van der Waals surface area contributed by atoms with E-state index < -0.39 is 0 Å². The molecule has 308 valence electrons. The van der Waals surface area contributed by atoms with E-state index in [0.29, 0.717) is 0 Å². The van der Waals surface area contributed by atoms with Crippen molar-refractivity contribution in [3.8, 4) is 11.1 Å². The van der Waals surface area contributed by atoms with E-state index in [9.17, 15) is 0 Å². The summed E-state index contributed by atoms with van der Waals surface area (Å²) in [4.78, 5) is 7.95. The maximum atomic E-state index is 2.87. The monoisotopic (exact) mass is 807 g/mol. The van der Waals surface area contributed by atoms with Gasteiger partial charge in [0.15, 0.2) is 0 Å². The predicted molar refractivity (Wildman–Crippen MR) is 266 cm³/mol. The van der Waals surface area contributed by atoms with Gasteiger partial charge in [-0.25, -0.2) is 0 Å². The molecule has 1 aliphatic carbocycles. The second kappa shape index (κ2) is 13.8. The van der Waals surface area contributed by atoms with Crippen LogP contribution in [-0.2, 0) is 16.2 Å². The number of hydrogen-bond donors (Lipinski definition) is 0. The van der Waals surface area contributed by atoms with Crippen molar-refractivity contribution in [3.63, 3.8) is 0 Å². The molecule has 1 saturated carbocycles. The van der Waals surface area contributed by atoms with Crippen LogP contribution in [0.15, 0.2) is 158 Å². The van der Waals surface area contributed by atoms with Gasteiger partial charge in [0.1, 0.15) is 0 Å². The zero-order valence-electron chi connectivity index (χ0n) is 37.8. The average Bonchev–Trinajstić information content (AvgIpc) is 3.48. The van der Waals surface area contributed by atoms with Crippen molar-refractivity contribution in [2.75, 3.05) is 14.7 Å². The summed E-state index contributed by atoms with van der Waals surface area (Å²) in [6.07, 6.45) is 4.80. The number of hydrogen-bond acceptors (Lipinski definition) is 3. The van der Waals surface area contributed by atoms with Crippen LogP contribution in [0.5, 0.6) is 0 Å². The Morgan fingerprint density at radius 1 is 0.516 bits per heavy atom. The highest BCUT2D eigenvalue weighted by molar-refractivity contribution is 7.00. The Bertz CT molecular complexity index is 2820. The summed E-state index contributed by atoms with van der Waals surface area (Å²) in [5.74, 6) is 0. The van der Waals surface area contributed by atoms with Crippen LogP contribution in [0, 0.1) is 0 Å². The maximum absolute atomic E-state index is 2.87. The molecular weight excluding hydrogens is 749 g/mol. The molecule has 0 N–H and O–H groups in total. The SMILES string of the molecule is CC(C)(C)c1ccc(N2c3ccc(C(C)(C)C)cc3B3c4cc(-c5ccccc5)cc5c4N(c4cc(N(c6ccccc6)c6ccccc6)cc2c43)C2(C)CCCCC52C)cc1. The molecule has 0 aromatic heterocycles. The lowest BCUT2D eigenvalue weighted by Gasteiger charge is -2.53. The fourth-order valence-electron chi connectivity index (χ4n) is 11.7. The molecule has 3 nitrogen and oxygen atoms in total. The van der Waals surface area contributed by atoms with Crippen molar-refractivity contribution in [1.29, 1.82) is 0 Å². The van der Waals surface area contributed by atoms with Crippen molar-refractivity contribution < 1.29 is 0 Å². The molecule has 7 aromatic rings. The maximum Gasteiger partial charge on any atom is 0.252 e. The minimum absolute atomic E-state index is 0.0164. The van der Waals surface area contributed by atoms with Crippen molar-refractivity contribution in [3.05, 3.63) is 174 Å². The number of nitrogens with zero attached hydrogens (tertiary/aromatic N) is 3. The highest BCUT2D eigenvalue weighted by atomic mass is 15.3. The van der Waals surface area contributed by atoms with Gasteiger partial charge in [0, 0.05) is 45.2 Å². The van der Waals surface area contributed by atoms with E-state index in [1.54, 1.807) is 0 Å². The van der Waals surface area contributed by atoms with Crippen molar-refractivity contribution in [2.45, 2.75) is 103 Å². The molecule has 1 fully saturated rings. The molecular formula is C58H58BN3. The second-order valence-electron chi connectivity index (χ2n) is 21.0. The number of rotatable bonds is 5. The van der Waals surface area contributed by atoms with Gasteiger partial charge in [0.05, 0.1) is 11.2 Å². The molecule has 11 rings (SSSR count). The minimum Gasteiger partial charge on any atom is -0.335 e. The van der Waals surface area contributed by atoms with E-state index in [0.717, 1.165) is 17.8 Å². The summed E-state index contributed by atoms with van der Waals surface area (Å²) in [5.41, 5.74) is 20.9. The van der Waals surface area contributed by atoms with Gasteiger partial charge in [-0.2, -0.15) is 0 Å². The minimum atomic E-state index is -0.119. The first kappa shape index (κ1) is 38.9. The molecule has 0 amide bonds. The van der Waals surface area contributed by atoms with Crippen LogP contribution < -0.4 is 31.1 Å². The molecule has 7 aromatic carbocycles. The number of fused-ring (bicyclic) bond motifs is 7. The molecule has 2 atom stereocenters. The first-order chi connectivity index (χ1) is 29.8. The van der Waals surface area contributed by atoms with Crippen molar-refractivity contribution >= 4 is 68.6 Å². The molecule has 0 saturated heterocycles. The molecule has 3 heterocycles. The summed E-state index contributed by atoms with van der Waals surface area (Å²) in [7, 11) is 0. The molecule has 4 aliphatic rings. The Labute approximate surface area is 370 Å². The predicted octanol–water partition coefficient (Wildman–Crippen LogP) is 13.8. The zero-order chi connectivity index (χ0) is 42.8. The molecule has 62 heavy (non-hydrogen) atoms. The van der Waals surface area contributed by atoms with Gasteiger partial charge in [-0.1, -0.05) is 158 Å². The van der Waals surface area contributed by atoms with Crippen LogP contribution in [0.2, 0.25) is 0 Å². The lowest BCUT2D eigenvalue weighted by atomic mass is 9.33. The average molecular weight is 808 g/mol.